The van der Waals surface area contributed by atoms with Gasteiger partial charge < -0.3 is 9.47 Å². The molecule has 0 atom stereocenters. The standard InChI is InChI=1S/C15H22N6OS/c1-4-12-17-18-13-9-20(5-6-21(12)13)8-11-10-23-14(16-11)7-15(22)19(2)3/h10H,4-9H2,1-3H3. The minimum atomic E-state index is 0.0871. The zero-order valence-electron chi connectivity index (χ0n) is 13.8. The van der Waals surface area contributed by atoms with Crippen molar-refractivity contribution in [3.8, 4) is 0 Å². The first-order valence-corrected chi connectivity index (χ1v) is 8.71. The molecular formula is C15H22N6OS. The molecule has 0 aromatic carbocycles. The molecule has 1 amide bonds. The summed E-state index contributed by atoms with van der Waals surface area (Å²) in [6, 6.07) is 0. The highest BCUT2D eigenvalue weighted by Crippen LogP contribution is 2.17. The molecule has 23 heavy (non-hydrogen) atoms. The highest BCUT2D eigenvalue weighted by Gasteiger charge is 2.21. The third-order valence-electron chi connectivity index (χ3n) is 4.01. The lowest BCUT2D eigenvalue weighted by Gasteiger charge is -2.26. The van der Waals surface area contributed by atoms with Gasteiger partial charge in [0, 0.05) is 45.5 Å². The van der Waals surface area contributed by atoms with Gasteiger partial charge in [-0.1, -0.05) is 6.92 Å². The minimum Gasteiger partial charge on any atom is -0.348 e. The van der Waals surface area contributed by atoms with Crippen molar-refractivity contribution < 1.29 is 4.79 Å². The Morgan fingerprint density at radius 2 is 2.17 bits per heavy atom. The van der Waals surface area contributed by atoms with Crippen LogP contribution in [-0.4, -0.2) is 56.1 Å². The zero-order chi connectivity index (χ0) is 16.4. The van der Waals surface area contributed by atoms with E-state index < -0.39 is 0 Å². The number of nitrogens with zero attached hydrogens (tertiary/aromatic N) is 6. The molecule has 0 saturated heterocycles. The molecule has 2 aromatic heterocycles. The molecule has 0 bridgehead atoms. The average molecular weight is 334 g/mol. The lowest BCUT2D eigenvalue weighted by molar-refractivity contribution is -0.127. The van der Waals surface area contributed by atoms with Gasteiger partial charge in [0.05, 0.1) is 18.7 Å². The number of aromatic nitrogens is 4. The molecule has 7 nitrogen and oxygen atoms in total. The second-order valence-electron chi connectivity index (χ2n) is 5.95. The van der Waals surface area contributed by atoms with E-state index in [0.29, 0.717) is 6.42 Å². The zero-order valence-corrected chi connectivity index (χ0v) is 14.6. The highest BCUT2D eigenvalue weighted by molar-refractivity contribution is 7.09. The first kappa shape index (κ1) is 16.1. The van der Waals surface area contributed by atoms with Gasteiger partial charge >= 0.3 is 0 Å². The largest absolute Gasteiger partial charge is 0.348 e. The molecule has 0 radical (unpaired) electrons. The Morgan fingerprint density at radius 3 is 2.91 bits per heavy atom. The number of fused-ring (bicyclic) bond motifs is 1. The monoisotopic (exact) mass is 334 g/mol. The van der Waals surface area contributed by atoms with Crippen molar-refractivity contribution in [1.82, 2.24) is 29.5 Å². The van der Waals surface area contributed by atoms with Gasteiger partial charge in [0.1, 0.15) is 16.7 Å². The quantitative estimate of drug-likeness (QED) is 0.814. The van der Waals surface area contributed by atoms with Crippen molar-refractivity contribution >= 4 is 17.2 Å². The number of carbonyl (C=O) groups excluding carboxylic acids is 1. The lowest BCUT2D eigenvalue weighted by Crippen LogP contribution is -2.34. The Kier molecular flexibility index (Phi) is 4.72. The second-order valence-corrected chi connectivity index (χ2v) is 6.89. The Balaban J connectivity index is 1.60. The number of carbonyl (C=O) groups is 1. The van der Waals surface area contributed by atoms with Crippen molar-refractivity contribution in [2.45, 2.75) is 39.4 Å². The fourth-order valence-corrected chi connectivity index (χ4v) is 3.46. The number of thiazole rings is 1. The van der Waals surface area contributed by atoms with Gasteiger partial charge in [0.2, 0.25) is 5.91 Å². The molecule has 2 aromatic rings. The van der Waals surface area contributed by atoms with Crippen LogP contribution in [0.1, 0.15) is 29.3 Å². The summed E-state index contributed by atoms with van der Waals surface area (Å²) in [4.78, 5) is 20.3. The van der Waals surface area contributed by atoms with Gasteiger partial charge in [-0.2, -0.15) is 0 Å². The van der Waals surface area contributed by atoms with Gasteiger partial charge in [-0.3, -0.25) is 9.69 Å². The summed E-state index contributed by atoms with van der Waals surface area (Å²) >= 11 is 1.56. The third-order valence-corrected chi connectivity index (χ3v) is 4.91. The van der Waals surface area contributed by atoms with Crippen LogP contribution in [0.3, 0.4) is 0 Å². The topological polar surface area (TPSA) is 67.2 Å². The molecule has 0 aliphatic carbocycles. The Morgan fingerprint density at radius 1 is 1.35 bits per heavy atom. The SMILES string of the molecule is CCc1nnc2n1CCN(Cc1csc(CC(=O)N(C)C)n1)C2. The predicted octanol–water partition coefficient (Wildman–Crippen LogP) is 0.943. The number of hydrogen-bond donors (Lipinski definition) is 0. The van der Waals surface area contributed by atoms with Crippen LogP contribution in [-0.2, 0) is 37.3 Å². The molecule has 0 spiro atoms. The molecule has 124 valence electrons. The molecule has 0 fully saturated rings. The van der Waals surface area contributed by atoms with E-state index in [4.69, 9.17) is 0 Å². The molecule has 1 aliphatic heterocycles. The number of aryl methyl sites for hydroxylation is 1. The van der Waals surface area contributed by atoms with Gasteiger partial charge in [0.15, 0.2) is 0 Å². The molecule has 0 saturated carbocycles. The molecule has 0 N–H and O–H groups in total. The van der Waals surface area contributed by atoms with E-state index in [9.17, 15) is 4.79 Å². The van der Waals surface area contributed by atoms with Gasteiger partial charge in [0.25, 0.3) is 0 Å². The van der Waals surface area contributed by atoms with Crippen LogP contribution in [0.4, 0.5) is 0 Å². The Hall–Kier alpha value is -1.80. The predicted molar refractivity (Wildman–Crippen MR) is 88.0 cm³/mol. The van der Waals surface area contributed by atoms with Crippen LogP contribution in [0.25, 0.3) is 0 Å². The average Bonchev–Trinajstić information content (AvgIpc) is 3.13. The van der Waals surface area contributed by atoms with Gasteiger partial charge in [-0.25, -0.2) is 4.98 Å². The summed E-state index contributed by atoms with van der Waals surface area (Å²) in [5.41, 5.74) is 1.03. The van der Waals surface area contributed by atoms with Crippen molar-refractivity contribution in [3.63, 3.8) is 0 Å². The van der Waals surface area contributed by atoms with Crippen LogP contribution in [0, 0.1) is 0 Å². The van der Waals surface area contributed by atoms with Gasteiger partial charge in [-0.15, -0.1) is 21.5 Å². The first-order chi connectivity index (χ1) is 11.1. The van der Waals surface area contributed by atoms with Crippen LogP contribution >= 0.6 is 11.3 Å². The first-order valence-electron chi connectivity index (χ1n) is 7.83. The summed E-state index contributed by atoms with van der Waals surface area (Å²) in [6.07, 6.45) is 1.30. The third kappa shape index (κ3) is 3.59. The van der Waals surface area contributed by atoms with E-state index in [0.717, 1.165) is 55.0 Å². The maximum absolute atomic E-state index is 11.7. The molecule has 3 heterocycles. The van der Waals surface area contributed by atoms with E-state index in [1.807, 2.05) is 0 Å². The highest BCUT2D eigenvalue weighted by atomic mass is 32.1. The van der Waals surface area contributed by atoms with Crippen LogP contribution in [0.2, 0.25) is 0 Å². The van der Waals surface area contributed by atoms with Crippen LogP contribution in [0.5, 0.6) is 0 Å². The van der Waals surface area contributed by atoms with Crippen LogP contribution < -0.4 is 0 Å². The summed E-state index contributed by atoms with van der Waals surface area (Å²) < 4.78 is 2.22. The summed E-state index contributed by atoms with van der Waals surface area (Å²) in [6.45, 7) is 5.61. The number of hydrogen-bond acceptors (Lipinski definition) is 6. The Bertz CT molecular complexity index is 692. The van der Waals surface area contributed by atoms with E-state index in [-0.39, 0.29) is 5.91 Å². The van der Waals surface area contributed by atoms with Crippen molar-refractivity contribution in [1.29, 1.82) is 0 Å². The molecule has 1 aliphatic rings. The van der Waals surface area contributed by atoms with E-state index in [1.165, 1.54) is 0 Å². The van der Waals surface area contributed by atoms with E-state index >= 15 is 0 Å². The molecule has 3 rings (SSSR count). The fourth-order valence-electron chi connectivity index (χ4n) is 2.68. The second kappa shape index (κ2) is 6.76. The van der Waals surface area contributed by atoms with Crippen LogP contribution in [0.15, 0.2) is 5.38 Å². The van der Waals surface area contributed by atoms with E-state index in [2.05, 4.69) is 37.0 Å². The number of rotatable bonds is 5. The van der Waals surface area contributed by atoms with Crippen molar-refractivity contribution in [2.75, 3.05) is 20.6 Å². The van der Waals surface area contributed by atoms with Gasteiger partial charge in [-0.05, 0) is 0 Å². The normalized spacial score (nSPS) is 14.7. The smallest absolute Gasteiger partial charge is 0.228 e. The summed E-state index contributed by atoms with van der Waals surface area (Å²) in [5, 5.41) is 11.5. The van der Waals surface area contributed by atoms with Crippen molar-refractivity contribution in [2.24, 2.45) is 0 Å². The number of likely N-dealkylation sites (N-methyl/N-ethyl adjacent to an activating group) is 1. The number of amides is 1. The summed E-state index contributed by atoms with van der Waals surface area (Å²) in [5.74, 6) is 2.19. The van der Waals surface area contributed by atoms with E-state index in [1.54, 1.807) is 30.3 Å². The molecule has 8 heteroatoms. The summed E-state index contributed by atoms with van der Waals surface area (Å²) in [7, 11) is 3.54. The maximum Gasteiger partial charge on any atom is 0.228 e. The molecular weight excluding hydrogens is 312 g/mol. The fraction of sp³-hybridized carbons (Fsp3) is 0.600. The maximum atomic E-state index is 11.7. The lowest BCUT2D eigenvalue weighted by atomic mass is 10.3. The van der Waals surface area contributed by atoms with Crippen molar-refractivity contribution in [3.05, 3.63) is 27.7 Å². The minimum absolute atomic E-state index is 0.0871. The Labute approximate surface area is 140 Å². The molecule has 0 unspecified atom stereocenters.